The van der Waals surface area contributed by atoms with Gasteiger partial charge in [0.2, 0.25) is 0 Å². The summed E-state index contributed by atoms with van der Waals surface area (Å²) in [6.45, 7) is -1.06. The van der Waals surface area contributed by atoms with Gasteiger partial charge in [-0.2, -0.15) is 0 Å². The molecule has 0 radical (unpaired) electrons. The van der Waals surface area contributed by atoms with Crippen LogP contribution in [-0.2, 0) is 19.8 Å². The Morgan fingerprint density at radius 3 is 1.80 bits per heavy atom. The van der Waals surface area contributed by atoms with Crippen LogP contribution < -0.4 is 0 Å². The second kappa shape index (κ2) is 4.88. The Hall–Kier alpha value is -1.43. The molecule has 0 spiro atoms. The van der Waals surface area contributed by atoms with Gasteiger partial charge in [0.1, 0.15) is 0 Å². The topological polar surface area (TPSA) is 98.0 Å². The molecule has 4 N–H and O–H groups in total. The summed E-state index contributed by atoms with van der Waals surface area (Å²) in [5.41, 5.74) is 0.946. The van der Waals surface area contributed by atoms with Crippen molar-refractivity contribution in [2.24, 2.45) is 0 Å². The molecule has 1 aromatic rings. The van der Waals surface area contributed by atoms with Gasteiger partial charge in [0.05, 0.1) is 25.4 Å². The Bertz CT molecular complexity index is 372. The van der Waals surface area contributed by atoms with E-state index in [0.717, 1.165) is 0 Å². The van der Waals surface area contributed by atoms with Crippen LogP contribution in [0.3, 0.4) is 0 Å². The molecule has 0 amide bonds. The fourth-order valence-electron chi connectivity index (χ4n) is 1.36. The van der Waals surface area contributed by atoms with Crippen LogP contribution in [0.1, 0.15) is 27.0 Å². The van der Waals surface area contributed by atoms with Crippen LogP contribution in [0.5, 0.6) is 0 Å². The van der Waals surface area contributed by atoms with Crippen LogP contribution in [-0.4, -0.2) is 26.4 Å². The number of carbonyl (C=O) groups is 1. The van der Waals surface area contributed by atoms with E-state index in [-0.39, 0.29) is 24.3 Å². The third-order valence-corrected chi connectivity index (χ3v) is 2.17. The minimum Gasteiger partial charge on any atom is -0.478 e. The first-order valence-electron chi connectivity index (χ1n) is 4.34. The second-order valence-corrected chi connectivity index (χ2v) is 3.06. The second-order valence-electron chi connectivity index (χ2n) is 3.06. The molecular weight excluding hydrogens is 200 g/mol. The number of aliphatic hydroxyl groups excluding tert-OH is 3. The average molecular weight is 212 g/mol. The van der Waals surface area contributed by atoms with E-state index < -0.39 is 12.6 Å². The molecule has 15 heavy (non-hydrogen) atoms. The monoisotopic (exact) mass is 212 g/mol. The van der Waals surface area contributed by atoms with Gasteiger partial charge in [-0.25, -0.2) is 4.79 Å². The van der Waals surface area contributed by atoms with Gasteiger partial charge in [0, 0.05) is 0 Å². The summed E-state index contributed by atoms with van der Waals surface area (Å²) in [7, 11) is 0. The molecule has 0 unspecified atom stereocenters. The van der Waals surface area contributed by atoms with Crippen molar-refractivity contribution in [3.63, 3.8) is 0 Å². The third kappa shape index (κ3) is 2.33. The number of hydrogen-bond acceptors (Lipinski definition) is 4. The largest absolute Gasteiger partial charge is 0.478 e. The lowest BCUT2D eigenvalue weighted by molar-refractivity contribution is 0.0693. The molecule has 0 saturated heterocycles. The summed E-state index contributed by atoms with van der Waals surface area (Å²) in [6, 6.07) is 2.65. The van der Waals surface area contributed by atoms with Crippen molar-refractivity contribution < 1.29 is 25.2 Å². The van der Waals surface area contributed by atoms with Gasteiger partial charge in [-0.1, -0.05) is 0 Å². The fraction of sp³-hybridized carbons (Fsp3) is 0.300. The number of carboxylic acids is 1. The highest BCUT2D eigenvalue weighted by atomic mass is 16.4. The van der Waals surface area contributed by atoms with Crippen molar-refractivity contribution in [2.45, 2.75) is 19.8 Å². The lowest BCUT2D eigenvalue weighted by atomic mass is 9.99. The maximum absolute atomic E-state index is 10.8. The average Bonchev–Trinajstić information content (AvgIpc) is 2.26. The zero-order valence-corrected chi connectivity index (χ0v) is 7.97. The minimum absolute atomic E-state index is 0.0567. The number of carboxylic acid groups (broad SMARTS) is 1. The minimum atomic E-state index is -1.17. The molecule has 1 rings (SSSR count). The Kier molecular flexibility index (Phi) is 3.79. The first kappa shape index (κ1) is 11.6. The summed E-state index contributed by atoms with van der Waals surface area (Å²) in [6.07, 6.45) is 0. The number of aliphatic hydroxyl groups is 3. The normalized spacial score (nSPS) is 10.3. The molecule has 5 nitrogen and oxygen atoms in total. The van der Waals surface area contributed by atoms with Crippen LogP contribution in [0, 0.1) is 0 Å². The van der Waals surface area contributed by atoms with Crippen molar-refractivity contribution in [2.75, 3.05) is 0 Å². The summed E-state index contributed by atoms with van der Waals surface area (Å²) < 4.78 is 0. The Morgan fingerprint density at radius 1 is 0.933 bits per heavy atom. The van der Waals surface area contributed by atoms with Crippen molar-refractivity contribution >= 4 is 5.97 Å². The van der Waals surface area contributed by atoms with E-state index in [1.165, 1.54) is 12.1 Å². The molecule has 0 heterocycles. The highest BCUT2D eigenvalue weighted by molar-refractivity contribution is 5.89. The summed E-state index contributed by atoms with van der Waals surface area (Å²) in [5.74, 6) is -1.17. The number of aromatic carboxylic acids is 1. The lowest BCUT2D eigenvalue weighted by Crippen LogP contribution is -2.06. The zero-order chi connectivity index (χ0) is 11.4. The summed E-state index contributed by atoms with van der Waals surface area (Å²) >= 11 is 0. The van der Waals surface area contributed by atoms with Crippen molar-refractivity contribution in [3.8, 4) is 0 Å². The molecule has 5 heteroatoms. The molecule has 0 aliphatic carbocycles. The van der Waals surface area contributed by atoms with Gasteiger partial charge in [0.15, 0.2) is 0 Å². The number of benzene rings is 1. The zero-order valence-electron chi connectivity index (χ0n) is 7.97. The van der Waals surface area contributed by atoms with Gasteiger partial charge in [-0.3, -0.25) is 0 Å². The van der Waals surface area contributed by atoms with Crippen LogP contribution in [0.25, 0.3) is 0 Å². The molecule has 0 aliphatic rings. The Morgan fingerprint density at radius 2 is 1.40 bits per heavy atom. The standard InChI is InChI=1S/C10H12O5/c11-3-6-1-8(5-13)9(10(14)15)2-7(6)4-12/h1-2,11-13H,3-5H2,(H,14,15). The lowest BCUT2D eigenvalue weighted by Gasteiger charge is -2.10. The van der Waals surface area contributed by atoms with Crippen LogP contribution in [0.15, 0.2) is 12.1 Å². The highest BCUT2D eigenvalue weighted by Crippen LogP contribution is 2.18. The maximum Gasteiger partial charge on any atom is 0.336 e. The maximum atomic E-state index is 10.8. The van der Waals surface area contributed by atoms with Crippen LogP contribution in [0.2, 0.25) is 0 Å². The molecule has 0 aromatic heterocycles. The van der Waals surface area contributed by atoms with E-state index >= 15 is 0 Å². The van der Waals surface area contributed by atoms with Crippen molar-refractivity contribution in [1.82, 2.24) is 0 Å². The van der Waals surface area contributed by atoms with Gasteiger partial charge in [-0.05, 0) is 28.8 Å². The first-order valence-corrected chi connectivity index (χ1v) is 4.34. The number of hydrogen-bond donors (Lipinski definition) is 4. The molecule has 82 valence electrons. The quantitative estimate of drug-likeness (QED) is 0.557. The summed E-state index contributed by atoms with van der Waals surface area (Å²) in [4.78, 5) is 10.8. The molecule has 0 fully saturated rings. The van der Waals surface area contributed by atoms with Gasteiger partial charge in [0.25, 0.3) is 0 Å². The first-order chi connectivity index (χ1) is 7.13. The van der Waals surface area contributed by atoms with Crippen molar-refractivity contribution in [3.05, 3.63) is 34.4 Å². The molecule has 0 atom stereocenters. The molecule has 0 bridgehead atoms. The van der Waals surface area contributed by atoms with E-state index in [2.05, 4.69) is 0 Å². The van der Waals surface area contributed by atoms with Crippen LogP contribution >= 0.6 is 0 Å². The molecule has 0 saturated carbocycles. The molecule has 0 aliphatic heterocycles. The van der Waals surface area contributed by atoms with Crippen LogP contribution in [0.4, 0.5) is 0 Å². The van der Waals surface area contributed by atoms with E-state index in [4.69, 9.17) is 20.4 Å². The Balaban J connectivity index is 3.34. The molecular formula is C10H12O5. The number of rotatable bonds is 4. The fourth-order valence-corrected chi connectivity index (χ4v) is 1.36. The van der Waals surface area contributed by atoms with Gasteiger partial charge < -0.3 is 20.4 Å². The summed E-state index contributed by atoms with van der Waals surface area (Å²) in [5, 5.41) is 35.7. The SMILES string of the molecule is O=C(O)c1cc(CO)c(CO)cc1CO. The van der Waals surface area contributed by atoms with Gasteiger partial charge >= 0.3 is 5.97 Å². The van der Waals surface area contributed by atoms with Crippen molar-refractivity contribution in [1.29, 1.82) is 0 Å². The van der Waals surface area contributed by atoms with E-state index in [0.29, 0.717) is 11.1 Å². The third-order valence-electron chi connectivity index (χ3n) is 2.17. The van der Waals surface area contributed by atoms with E-state index in [1.807, 2.05) is 0 Å². The van der Waals surface area contributed by atoms with Gasteiger partial charge in [-0.15, -0.1) is 0 Å². The highest BCUT2D eigenvalue weighted by Gasteiger charge is 2.13. The predicted molar refractivity (Wildman–Crippen MR) is 51.2 cm³/mol. The smallest absolute Gasteiger partial charge is 0.336 e. The predicted octanol–water partition coefficient (Wildman–Crippen LogP) is -0.138. The van der Waals surface area contributed by atoms with E-state index in [9.17, 15) is 4.79 Å². The van der Waals surface area contributed by atoms with E-state index in [1.54, 1.807) is 0 Å². The Labute approximate surface area is 86.2 Å². The molecule has 1 aromatic carbocycles.